The zero-order valence-electron chi connectivity index (χ0n) is 12.6. The molecular formula is C18H8F6O. The number of allylic oxidation sites excluding steroid dienone is 1. The van der Waals surface area contributed by atoms with Gasteiger partial charge in [-0.25, -0.2) is 26.3 Å². The molecule has 7 heteroatoms. The lowest BCUT2D eigenvalue weighted by molar-refractivity contribution is -0.110. The van der Waals surface area contributed by atoms with E-state index in [1.807, 2.05) is 0 Å². The van der Waals surface area contributed by atoms with E-state index in [9.17, 15) is 31.1 Å². The fraction of sp³-hybridized carbons (Fsp3) is 0.0556. The molecule has 0 atom stereocenters. The topological polar surface area (TPSA) is 17.1 Å². The van der Waals surface area contributed by atoms with Gasteiger partial charge in [0.1, 0.15) is 5.83 Å². The first-order chi connectivity index (χ1) is 11.8. The average Bonchev–Trinajstić information content (AvgIpc) is 2.61. The molecule has 1 nitrogen and oxygen atoms in total. The zero-order valence-corrected chi connectivity index (χ0v) is 12.6. The molecule has 0 spiro atoms. The van der Waals surface area contributed by atoms with Gasteiger partial charge in [-0.15, -0.1) is 0 Å². The quantitative estimate of drug-likeness (QED) is 0.332. The van der Waals surface area contributed by atoms with Crippen molar-refractivity contribution < 1.29 is 31.1 Å². The molecule has 1 aliphatic carbocycles. The number of hydrogen-bond donors (Lipinski definition) is 0. The van der Waals surface area contributed by atoms with Gasteiger partial charge in [0.05, 0.1) is 11.1 Å². The summed E-state index contributed by atoms with van der Waals surface area (Å²) in [5.74, 6) is -14.4. The van der Waals surface area contributed by atoms with Crippen LogP contribution in [0.4, 0.5) is 26.3 Å². The van der Waals surface area contributed by atoms with Gasteiger partial charge in [0.15, 0.2) is 29.1 Å². The van der Waals surface area contributed by atoms with Gasteiger partial charge in [0, 0.05) is 5.57 Å². The molecule has 128 valence electrons. The van der Waals surface area contributed by atoms with Crippen molar-refractivity contribution in [3.05, 3.63) is 74.9 Å². The van der Waals surface area contributed by atoms with Gasteiger partial charge in [-0.2, -0.15) is 0 Å². The van der Waals surface area contributed by atoms with E-state index in [2.05, 4.69) is 0 Å². The highest BCUT2D eigenvalue weighted by Gasteiger charge is 2.31. The monoisotopic (exact) mass is 354 g/mol. The van der Waals surface area contributed by atoms with Gasteiger partial charge in [-0.3, -0.25) is 4.79 Å². The highest BCUT2D eigenvalue weighted by atomic mass is 19.2. The number of fused-ring (bicyclic) bond motifs is 1. The van der Waals surface area contributed by atoms with Gasteiger partial charge in [-0.05, 0) is 23.4 Å². The molecule has 3 rings (SSSR count). The average molecular weight is 354 g/mol. The summed E-state index contributed by atoms with van der Waals surface area (Å²) >= 11 is 0. The maximum Gasteiger partial charge on any atom is 0.200 e. The molecular weight excluding hydrogens is 346 g/mol. The number of hydrogen-bond acceptors (Lipinski definition) is 1. The molecule has 0 unspecified atom stereocenters. The lowest BCUT2D eigenvalue weighted by atomic mass is 9.93. The molecule has 0 aromatic heterocycles. The van der Waals surface area contributed by atoms with Crippen LogP contribution in [0.5, 0.6) is 0 Å². The number of carbonyl (C=O) groups excluding carboxylic acids is 1. The highest BCUT2D eigenvalue weighted by Crippen LogP contribution is 2.32. The van der Waals surface area contributed by atoms with E-state index in [1.54, 1.807) is 18.2 Å². The molecule has 0 saturated carbocycles. The predicted octanol–water partition coefficient (Wildman–Crippen LogP) is 3.30. The van der Waals surface area contributed by atoms with Gasteiger partial charge in [-0.1, -0.05) is 24.3 Å². The third-order valence-electron chi connectivity index (χ3n) is 3.92. The minimum Gasteiger partial charge on any atom is -0.289 e. The molecule has 0 N–H and O–H groups in total. The number of carbonyl (C=O) groups is 1. The summed E-state index contributed by atoms with van der Waals surface area (Å²) in [5.41, 5.74) is -2.45. The van der Waals surface area contributed by atoms with Crippen LogP contribution in [-0.2, 0) is 4.79 Å². The van der Waals surface area contributed by atoms with Crippen molar-refractivity contribution in [3.63, 3.8) is 0 Å². The summed E-state index contributed by atoms with van der Waals surface area (Å²) < 4.78 is 81.9. The first-order valence-electron chi connectivity index (χ1n) is 6.99. The zero-order chi connectivity index (χ0) is 18.5. The third-order valence-corrected chi connectivity index (χ3v) is 3.92. The standard InChI is InChI=1S/C18H8F6O/c1-7-9-5-3-2-4-8(9)6-10(18(7)25)12(19)11-13(20)15(22)17(24)16(23)14(11)21/h2-6H,1H3. The minimum atomic E-state index is -2.40. The lowest BCUT2D eigenvalue weighted by Crippen LogP contribution is -2.33. The van der Waals surface area contributed by atoms with Crippen molar-refractivity contribution in [2.45, 2.75) is 6.92 Å². The maximum absolute atomic E-state index is 14.6. The fourth-order valence-corrected chi connectivity index (χ4v) is 2.61. The van der Waals surface area contributed by atoms with Crippen molar-refractivity contribution in [1.29, 1.82) is 0 Å². The summed E-state index contributed by atoms with van der Waals surface area (Å²) in [6, 6.07) is 6.34. The molecule has 2 aromatic rings. The van der Waals surface area contributed by atoms with Crippen LogP contribution in [0.25, 0.3) is 17.5 Å². The van der Waals surface area contributed by atoms with Crippen molar-refractivity contribution >= 4 is 23.3 Å². The Labute approximate surface area is 137 Å². The van der Waals surface area contributed by atoms with Crippen molar-refractivity contribution in [3.8, 4) is 0 Å². The molecule has 0 radical (unpaired) electrons. The van der Waals surface area contributed by atoms with Crippen LogP contribution < -0.4 is 10.4 Å². The summed E-state index contributed by atoms with van der Waals surface area (Å²) in [6.45, 7) is 1.37. The largest absolute Gasteiger partial charge is 0.289 e. The second kappa shape index (κ2) is 5.91. The second-order valence-corrected chi connectivity index (χ2v) is 5.36. The minimum absolute atomic E-state index is 0.0899. The van der Waals surface area contributed by atoms with Crippen LogP contribution in [0.3, 0.4) is 0 Å². The molecule has 0 aliphatic heterocycles. The Balaban J connectivity index is 2.38. The molecule has 25 heavy (non-hydrogen) atoms. The normalized spacial score (nSPS) is 15.8. The number of rotatable bonds is 1. The fourth-order valence-electron chi connectivity index (χ4n) is 2.61. The van der Waals surface area contributed by atoms with Crippen LogP contribution in [0, 0.1) is 29.1 Å². The summed E-state index contributed by atoms with van der Waals surface area (Å²) in [6.07, 6.45) is 1.01. The summed E-state index contributed by atoms with van der Waals surface area (Å²) in [7, 11) is 0. The van der Waals surface area contributed by atoms with Gasteiger partial charge in [0.25, 0.3) is 0 Å². The highest BCUT2D eigenvalue weighted by molar-refractivity contribution is 6.30. The number of benzene rings is 2. The Morgan fingerprint density at radius 1 is 0.840 bits per heavy atom. The lowest BCUT2D eigenvalue weighted by Gasteiger charge is -2.12. The van der Waals surface area contributed by atoms with E-state index in [0.29, 0.717) is 10.4 Å². The number of halogens is 6. The maximum atomic E-state index is 14.6. The summed E-state index contributed by atoms with van der Waals surface area (Å²) in [5, 5.41) is 0.870. The number of ketones is 1. The molecule has 0 fully saturated rings. The molecule has 0 saturated heterocycles. The first kappa shape index (κ1) is 17.0. The number of Topliss-reactive ketones (excluding diaryl/α,β-unsaturated/α-hetero) is 1. The Kier molecular flexibility index (Phi) is 4.02. The molecule has 0 amide bonds. The SMILES string of the molecule is CC1=c2ccccc2=CC(=C(F)c2c(F)c(F)c(F)c(F)c2F)C1=O. The van der Waals surface area contributed by atoms with Crippen LogP contribution >= 0.6 is 0 Å². The molecule has 0 heterocycles. The van der Waals surface area contributed by atoms with Crippen LogP contribution in [0.2, 0.25) is 0 Å². The first-order valence-corrected chi connectivity index (χ1v) is 6.99. The van der Waals surface area contributed by atoms with Crippen molar-refractivity contribution in [1.82, 2.24) is 0 Å². The van der Waals surface area contributed by atoms with E-state index in [0.717, 1.165) is 6.08 Å². The van der Waals surface area contributed by atoms with E-state index in [4.69, 9.17) is 0 Å². The predicted molar refractivity (Wildman–Crippen MR) is 78.5 cm³/mol. The summed E-state index contributed by atoms with van der Waals surface area (Å²) in [4.78, 5) is 12.3. The Bertz CT molecular complexity index is 1050. The molecule has 1 aliphatic rings. The molecule has 2 aromatic carbocycles. The third kappa shape index (κ3) is 2.47. The van der Waals surface area contributed by atoms with Crippen molar-refractivity contribution in [2.75, 3.05) is 0 Å². The van der Waals surface area contributed by atoms with Crippen LogP contribution in [0.15, 0.2) is 29.8 Å². The Morgan fingerprint density at radius 3 is 1.96 bits per heavy atom. The van der Waals surface area contributed by atoms with Gasteiger partial charge < -0.3 is 0 Å². The van der Waals surface area contributed by atoms with Crippen molar-refractivity contribution in [2.24, 2.45) is 0 Å². The van der Waals surface area contributed by atoms with E-state index in [1.165, 1.54) is 13.0 Å². The van der Waals surface area contributed by atoms with Crippen LogP contribution in [0.1, 0.15) is 12.5 Å². The van der Waals surface area contributed by atoms with E-state index >= 15 is 0 Å². The Hall–Kier alpha value is -2.83. The Morgan fingerprint density at radius 2 is 1.36 bits per heavy atom. The van der Waals surface area contributed by atoms with Gasteiger partial charge in [0.2, 0.25) is 5.82 Å². The van der Waals surface area contributed by atoms with E-state index in [-0.39, 0.29) is 5.57 Å². The van der Waals surface area contributed by atoms with Gasteiger partial charge >= 0.3 is 0 Å². The van der Waals surface area contributed by atoms with E-state index < -0.39 is 51.8 Å². The molecule has 0 bridgehead atoms. The van der Waals surface area contributed by atoms with Crippen LogP contribution in [-0.4, -0.2) is 5.78 Å². The smallest absolute Gasteiger partial charge is 0.200 e. The second-order valence-electron chi connectivity index (χ2n) is 5.36.